The van der Waals surface area contributed by atoms with Crippen molar-refractivity contribution in [1.82, 2.24) is 24.3 Å². The number of nitrogens with one attached hydrogen (secondary N) is 1. The van der Waals surface area contributed by atoms with Gasteiger partial charge in [-0.05, 0) is 26.7 Å². The highest BCUT2D eigenvalue weighted by molar-refractivity contribution is 6.02. The summed E-state index contributed by atoms with van der Waals surface area (Å²) in [5.74, 6) is 0.955. The van der Waals surface area contributed by atoms with Crippen LogP contribution in [0, 0.1) is 13.8 Å². The first-order valence-electron chi connectivity index (χ1n) is 8.31. The Balaban J connectivity index is 1.52. The van der Waals surface area contributed by atoms with Crippen molar-refractivity contribution in [3.8, 4) is 0 Å². The van der Waals surface area contributed by atoms with Crippen LogP contribution >= 0.6 is 0 Å². The highest BCUT2D eigenvalue weighted by Crippen LogP contribution is 2.17. The summed E-state index contributed by atoms with van der Waals surface area (Å²) < 4.78 is 1.86. The molecule has 8 nitrogen and oxygen atoms in total. The van der Waals surface area contributed by atoms with Gasteiger partial charge in [-0.2, -0.15) is 0 Å². The van der Waals surface area contributed by atoms with Gasteiger partial charge in [0.05, 0.1) is 30.0 Å². The summed E-state index contributed by atoms with van der Waals surface area (Å²) in [7, 11) is 0. The Hall–Kier alpha value is -3.03. The molecule has 0 unspecified atom stereocenters. The van der Waals surface area contributed by atoms with E-state index in [1.807, 2.05) is 24.4 Å². The number of anilines is 2. The van der Waals surface area contributed by atoms with Crippen molar-refractivity contribution in [2.24, 2.45) is 0 Å². The van der Waals surface area contributed by atoms with Crippen LogP contribution < -0.4 is 10.2 Å². The Kier molecular flexibility index (Phi) is 3.79. The quantitative estimate of drug-likeness (QED) is 0.786. The summed E-state index contributed by atoms with van der Waals surface area (Å²) in [6.07, 6.45) is 9.14. The maximum Gasteiger partial charge on any atom is 0.277 e. The van der Waals surface area contributed by atoms with Crippen LogP contribution in [0.5, 0.6) is 0 Å². The molecule has 0 radical (unpaired) electrons. The average molecular weight is 337 g/mol. The van der Waals surface area contributed by atoms with E-state index < -0.39 is 0 Å². The fraction of sp³-hybridized carbons (Fsp3) is 0.353. The SMILES string of the molecule is Cc1cn2cc(NC(=O)c3cnc(N4CCCC4)cn3)nc2c(C)n1. The molecule has 3 aromatic heterocycles. The summed E-state index contributed by atoms with van der Waals surface area (Å²) in [5.41, 5.74) is 2.70. The van der Waals surface area contributed by atoms with Gasteiger partial charge in [0.15, 0.2) is 11.5 Å². The van der Waals surface area contributed by atoms with Crippen LogP contribution in [-0.2, 0) is 0 Å². The van der Waals surface area contributed by atoms with Crippen LogP contribution in [0.25, 0.3) is 5.65 Å². The van der Waals surface area contributed by atoms with Crippen molar-refractivity contribution >= 4 is 23.2 Å². The monoisotopic (exact) mass is 337 g/mol. The largest absolute Gasteiger partial charge is 0.355 e. The van der Waals surface area contributed by atoms with Crippen molar-refractivity contribution in [3.05, 3.63) is 41.9 Å². The first kappa shape index (κ1) is 15.5. The molecule has 0 aromatic carbocycles. The Morgan fingerprint density at radius 3 is 2.60 bits per heavy atom. The van der Waals surface area contributed by atoms with Gasteiger partial charge in [0, 0.05) is 19.3 Å². The molecular formula is C17H19N7O. The van der Waals surface area contributed by atoms with Crippen LogP contribution in [0.4, 0.5) is 11.6 Å². The van der Waals surface area contributed by atoms with Crippen molar-refractivity contribution in [1.29, 1.82) is 0 Å². The highest BCUT2D eigenvalue weighted by Gasteiger charge is 2.16. The molecule has 0 atom stereocenters. The van der Waals surface area contributed by atoms with Crippen LogP contribution in [0.15, 0.2) is 24.8 Å². The van der Waals surface area contributed by atoms with Gasteiger partial charge in [-0.25, -0.2) is 15.0 Å². The fourth-order valence-electron chi connectivity index (χ4n) is 3.09. The molecule has 1 aliphatic heterocycles. The van der Waals surface area contributed by atoms with Gasteiger partial charge in [0.25, 0.3) is 5.91 Å². The number of nitrogens with zero attached hydrogens (tertiary/aromatic N) is 6. The zero-order valence-electron chi connectivity index (χ0n) is 14.2. The van der Waals surface area contributed by atoms with Crippen molar-refractivity contribution in [3.63, 3.8) is 0 Å². The van der Waals surface area contributed by atoms with E-state index in [1.165, 1.54) is 19.0 Å². The first-order valence-corrected chi connectivity index (χ1v) is 8.31. The van der Waals surface area contributed by atoms with Crippen LogP contribution in [0.1, 0.15) is 34.7 Å². The average Bonchev–Trinajstić information content (AvgIpc) is 3.24. The first-order chi connectivity index (χ1) is 12.1. The summed E-state index contributed by atoms with van der Waals surface area (Å²) in [5, 5.41) is 2.77. The molecule has 25 heavy (non-hydrogen) atoms. The van der Waals surface area contributed by atoms with Crippen LogP contribution in [0.2, 0.25) is 0 Å². The van der Waals surface area contributed by atoms with Gasteiger partial charge in [0.1, 0.15) is 11.5 Å². The Morgan fingerprint density at radius 1 is 1.08 bits per heavy atom. The second kappa shape index (κ2) is 6.12. The molecule has 1 aliphatic rings. The van der Waals surface area contributed by atoms with Gasteiger partial charge < -0.3 is 14.6 Å². The summed E-state index contributed by atoms with van der Waals surface area (Å²) in [6, 6.07) is 0. The molecular weight excluding hydrogens is 318 g/mol. The zero-order chi connectivity index (χ0) is 17.4. The van der Waals surface area contributed by atoms with Gasteiger partial charge in [-0.15, -0.1) is 0 Å². The van der Waals surface area contributed by atoms with E-state index in [-0.39, 0.29) is 11.6 Å². The van der Waals surface area contributed by atoms with Crippen molar-refractivity contribution in [2.45, 2.75) is 26.7 Å². The number of carbonyl (C=O) groups is 1. The summed E-state index contributed by atoms with van der Waals surface area (Å²) in [4.78, 5) is 31.9. The van der Waals surface area contributed by atoms with E-state index in [2.05, 4.69) is 30.2 Å². The van der Waals surface area contributed by atoms with Crippen molar-refractivity contribution in [2.75, 3.05) is 23.3 Å². The minimum Gasteiger partial charge on any atom is -0.355 e. The number of hydrogen-bond acceptors (Lipinski definition) is 6. The lowest BCUT2D eigenvalue weighted by molar-refractivity contribution is 0.102. The summed E-state index contributed by atoms with van der Waals surface area (Å²) >= 11 is 0. The third kappa shape index (κ3) is 3.02. The normalized spacial score (nSPS) is 14.2. The molecule has 4 heterocycles. The number of aryl methyl sites for hydroxylation is 2. The molecule has 8 heteroatoms. The summed E-state index contributed by atoms with van der Waals surface area (Å²) in [6.45, 7) is 5.80. The topological polar surface area (TPSA) is 88.3 Å². The minimum absolute atomic E-state index is 0.269. The second-order valence-corrected chi connectivity index (χ2v) is 6.23. The van der Waals surface area contributed by atoms with E-state index in [9.17, 15) is 4.79 Å². The molecule has 1 fully saturated rings. The Morgan fingerprint density at radius 2 is 1.88 bits per heavy atom. The molecule has 3 aromatic rings. The van der Waals surface area contributed by atoms with Crippen LogP contribution in [0.3, 0.4) is 0 Å². The zero-order valence-corrected chi connectivity index (χ0v) is 14.2. The number of rotatable bonds is 3. The molecule has 4 rings (SSSR count). The van der Waals surface area contributed by atoms with Gasteiger partial charge >= 0.3 is 0 Å². The predicted molar refractivity (Wildman–Crippen MR) is 93.9 cm³/mol. The van der Waals surface area contributed by atoms with Gasteiger partial charge in [-0.3, -0.25) is 9.78 Å². The highest BCUT2D eigenvalue weighted by atomic mass is 16.2. The van der Waals surface area contributed by atoms with Gasteiger partial charge in [0.2, 0.25) is 0 Å². The standard InChI is InChI=1S/C17H19N7O/c1-11-9-24-10-14(21-16(24)12(2)20-11)22-17(25)13-7-19-15(8-18-13)23-5-3-4-6-23/h7-10H,3-6H2,1-2H3,(H,22,25). The number of aromatic nitrogens is 5. The molecule has 0 spiro atoms. The van der Waals surface area contributed by atoms with E-state index in [1.54, 1.807) is 12.4 Å². The van der Waals surface area contributed by atoms with Crippen molar-refractivity contribution < 1.29 is 4.79 Å². The number of fused-ring (bicyclic) bond motifs is 1. The molecule has 0 bridgehead atoms. The Labute approximate surface area is 145 Å². The maximum atomic E-state index is 12.4. The number of hydrogen-bond donors (Lipinski definition) is 1. The fourth-order valence-corrected chi connectivity index (χ4v) is 3.09. The maximum absolute atomic E-state index is 12.4. The van der Waals surface area contributed by atoms with Gasteiger partial charge in [-0.1, -0.05) is 0 Å². The predicted octanol–water partition coefficient (Wildman–Crippen LogP) is 1.99. The molecule has 0 saturated carbocycles. The lowest BCUT2D eigenvalue weighted by atomic mass is 10.4. The molecule has 1 N–H and O–H groups in total. The van der Waals surface area contributed by atoms with E-state index in [0.29, 0.717) is 5.82 Å². The van der Waals surface area contributed by atoms with E-state index >= 15 is 0 Å². The smallest absolute Gasteiger partial charge is 0.277 e. The number of amides is 1. The lowest BCUT2D eigenvalue weighted by Crippen LogP contribution is -2.20. The molecule has 128 valence electrons. The third-order valence-electron chi connectivity index (χ3n) is 4.27. The third-order valence-corrected chi connectivity index (χ3v) is 4.27. The lowest BCUT2D eigenvalue weighted by Gasteiger charge is -2.15. The number of imidazole rings is 1. The molecule has 1 saturated heterocycles. The molecule has 1 amide bonds. The van der Waals surface area contributed by atoms with Crippen LogP contribution in [-0.4, -0.2) is 43.3 Å². The molecule has 0 aliphatic carbocycles. The van der Waals surface area contributed by atoms with E-state index in [0.717, 1.165) is 35.9 Å². The van der Waals surface area contributed by atoms with E-state index in [4.69, 9.17) is 0 Å². The number of carbonyl (C=O) groups excluding carboxylic acids is 1. The minimum atomic E-state index is -0.328. The Bertz CT molecular complexity index is 926. The second-order valence-electron chi connectivity index (χ2n) is 6.23.